The molecule has 0 amide bonds. The molecule has 2 heterocycles. The largest absolute Gasteiger partial charge is 0.336 e. The van der Waals surface area contributed by atoms with E-state index in [-0.39, 0.29) is 12.4 Å². The van der Waals surface area contributed by atoms with Crippen LogP contribution in [0.3, 0.4) is 0 Å². The van der Waals surface area contributed by atoms with Crippen LogP contribution >= 0.6 is 12.4 Å². The monoisotopic (exact) mass is 316 g/mol. The summed E-state index contributed by atoms with van der Waals surface area (Å²) < 4.78 is 0. The fourth-order valence-electron chi connectivity index (χ4n) is 3.47. The Kier molecular flexibility index (Phi) is 4.32. The van der Waals surface area contributed by atoms with Gasteiger partial charge in [0.15, 0.2) is 0 Å². The van der Waals surface area contributed by atoms with E-state index < -0.39 is 0 Å². The second-order valence-electron chi connectivity index (χ2n) is 5.89. The van der Waals surface area contributed by atoms with Crippen molar-refractivity contribution in [3.05, 3.63) is 52.3 Å². The molecule has 2 N–H and O–H groups in total. The summed E-state index contributed by atoms with van der Waals surface area (Å²) >= 11 is 0. The number of hydrogen-bond acceptors (Lipinski definition) is 4. The number of rotatable bonds is 2. The Labute approximate surface area is 137 Å². The van der Waals surface area contributed by atoms with Crippen LogP contribution in [0.15, 0.2) is 24.3 Å². The van der Waals surface area contributed by atoms with Crippen molar-refractivity contribution in [3.8, 4) is 0 Å². The zero-order valence-corrected chi connectivity index (χ0v) is 13.4. The summed E-state index contributed by atoms with van der Waals surface area (Å²) in [5, 5.41) is 0. The van der Waals surface area contributed by atoms with Crippen molar-refractivity contribution >= 4 is 18.4 Å². The van der Waals surface area contributed by atoms with Gasteiger partial charge in [0.05, 0.1) is 5.69 Å². The second kappa shape index (κ2) is 6.23. The summed E-state index contributed by atoms with van der Waals surface area (Å²) in [5.74, 6) is 0.866. The lowest BCUT2D eigenvalue weighted by Gasteiger charge is -2.29. The zero-order valence-electron chi connectivity index (χ0n) is 12.6. The third-order valence-corrected chi connectivity index (χ3v) is 4.61. The number of benzene rings is 1. The lowest BCUT2D eigenvalue weighted by Crippen LogP contribution is -2.32. The van der Waals surface area contributed by atoms with Crippen LogP contribution < -0.4 is 10.6 Å². The number of aromatic nitrogens is 2. The number of halogens is 1. The van der Waals surface area contributed by atoms with Crippen molar-refractivity contribution in [1.82, 2.24) is 9.97 Å². The molecule has 0 bridgehead atoms. The van der Waals surface area contributed by atoms with Gasteiger partial charge in [-0.2, -0.15) is 0 Å². The average molecular weight is 317 g/mol. The summed E-state index contributed by atoms with van der Waals surface area (Å²) in [6.07, 6.45) is 4.41. The molecular formula is C17H21ClN4. The van der Waals surface area contributed by atoms with E-state index in [4.69, 9.17) is 15.7 Å². The average Bonchev–Trinajstić information content (AvgIpc) is 3.02. The predicted octanol–water partition coefficient (Wildman–Crippen LogP) is 2.41. The minimum absolute atomic E-state index is 0. The maximum Gasteiger partial charge on any atom is 0.226 e. The van der Waals surface area contributed by atoms with Gasteiger partial charge in [0.25, 0.3) is 0 Å². The molecule has 1 aliphatic carbocycles. The van der Waals surface area contributed by atoms with Crippen molar-refractivity contribution in [1.29, 1.82) is 0 Å². The van der Waals surface area contributed by atoms with Crippen LogP contribution in [0.4, 0.5) is 5.95 Å². The Morgan fingerprint density at radius 1 is 1.05 bits per heavy atom. The maximum atomic E-state index is 5.89. The molecule has 0 saturated heterocycles. The molecular weight excluding hydrogens is 296 g/mol. The molecule has 4 rings (SSSR count). The fraction of sp³-hybridized carbons (Fsp3) is 0.412. The van der Waals surface area contributed by atoms with Crippen LogP contribution in [-0.2, 0) is 32.4 Å². The standard InChI is InChI=1S/C17H20N4.ClH/c18-10-16-14-6-3-7-15(14)19-17(20-16)21-9-8-12-4-1-2-5-13(12)11-21;/h1-2,4-5H,3,6-11,18H2;1H. The van der Waals surface area contributed by atoms with E-state index in [0.717, 1.165) is 44.0 Å². The molecule has 0 atom stereocenters. The molecule has 4 nitrogen and oxygen atoms in total. The number of hydrogen-bond donors (Lipinski definition) is 1. The maximum absolute atomic E-state index is 5.89. The Morgan fingerprint density at radius 3 is 2.68 bits per heavy atom. The Bertz CT molecular complexity index is 686. The first-order valence-electron chi connectivity index (χ1n) is 7.75. The van der Waals surface area contributed by atoms with E-state index in [9.17, 15) is 0 Å². The third kappa shape index (κ3) is 2.57. The minimum Gasteiger partial charge on any atom is -0.336 e. The molecule has 2 aliphatic rings. The van der Waals surface area contributed by atoms with E-state index in [1.54, 1.807) is 0 Å². The topological polar surface area (TPSA) is 55.0 Å². The number of aryl methyl sites for hydroxylation is 1. The molecule has 1 aromatic heterocycles. The lowest BCUT2D eigenvalue weighted by atomic mass is 10.0. The SMILES string of the molecule is Cl.NCc1nc(N2CCc3ccccc3C2)nc2c1CCC2. The van der Waals surface area contributed by atoms with Crippen molar-refractivity contribution < 1.29 is 0 Å². The van der Waals surface area contributed by atoms with Gasteiger partial charge in [-0.1, -0.05) is 24.3 Å². The van der Waals surface area contributed by atoms with E-state index in [2.05, 4.69) is 29.2 Å². The quantitative estimate of drug-likeness (QED) is 0.924. The fourth-order valence-corrected chi connectivity index (χ4v) is 3.47. The summed E-state index contributed by atoms with van der Waals surface area (Å²) in [6.45, 7) is 2.40. The van der Waals surface area contributed by atoms with Gasteiger partial charge in [-0.25, -0.2) is 9.97 Å². The Hall–Kier alpha value is -1.65. The molecule has 1 aromatic carbocycles. The minimum atomic E-state index is 0. The van der Waals surface area contributed by atoms with Crippen LogP contribution in [0.2, 0.25) is 0 Å². The molecule has 0 fully saturated rings. The summed E-state index contributed by atoms with van der Waals surface area (Å²) in [7, 11) is 0. The highest BCUT2D eigenvalue weighted by atomic mass is 35.5. The summed E-state index contributed by atoms with van der Waals surface area (Å²) in [4.78, 5) is 11.9. The van der Waals surface area contributed by atoms with Crippen molar-refractivity contribution in [2.24, 2.45) is 5.73 Å². The Balaban J connectivity index is 0.00000144. The molecule has 2 aromatic rings. The van der Waals surface area contributed by atoms with E-state index in [1.165, 1.54) is 28.8 Å². The van der Waals surface area contributed by atoms with Crippen LogP contribution in [0.25, 0.3) is 0 Å². The van der Waals surface area contributed by atoms with Crippen LogP contribution in [0.1, 0.15) is 34.5 Å². The van der Waals surface area contributed by atoms with E-state index in [0.29, 0.717) is 6.54 Å². The van der Waals surface area contributed by atoms with Crippen molar-refractivity contribution in [3.63, 3.8) is 0 Å². The van der Waals surface area contributed by atoms with Gasteiger partial charge in [-0.3, -0.25) is 0 Å². The summed E-state index contributed by atoms with van der Waals surface area (Å²) in [6, 6.07) is 8.66. The highest BCUT2D eigenvalue weighted by molar-refractivity contribution is 5.85. The highest BCUT2D eigenvalue weighted by Crippen LogP contribution is 2.27. The molecule has 0 unspecified atom stereocenters. The Morgan fingerprint density at radius 2 is 1.86 bits per heavy atom. The number of fused-ring (bicyclic) bond motifs is 2. The summed E-state index contributed by atoms with van der Waals surface area (Å²) in [5.41, 5.74) is 12.3. The molecule has 22 heavy (non-hydrogen) atoms. The number of anilines is 1. The van der Waals surface area contributed by atoms with Crippen molar-refractivity contribution in [2.45, 2.75) is 38.8 Å². The van der Waals surface area contributed by atoms with Gasteiger partial charge in [0, 0.05) is 25.3 Å². The zero-order chi connectivity index (χ0) is 14.2. The normalized spacial score (nSPS) is 16.0. The van der Waals surface area contributed by atoms with Crippen LogP contribution in [0, 0.1) is 0 Å². The first-order valence-corrected chi connectivity index (χ1v) is 7.75. The first-order chi connectivity index (χ1) is 10.3. The number of nitrogens with zero attached hydrogens (tertiary/aromatic N) is 3. The molecule has 0 saturated carbocycles. The molecule has 0 spiro atoms. The first kappa shape index (κ1) is 15.3. The molecule has 1 aliphatic heterocycles. The van der Waals surface area contributed by atoms with Gasteiger partial charge < -0.3 is 10.6 Å². The molecule has 5 heteroatoms. The molecule has 116 valence electrons. The highest BCUT2D eigenvalue weighted by Gasteiger charge is 2.23. The van der Waals surface area contributed by atoms with E-state index >= 15 is 0 Å². The lowest BCUT2D eigenvalue weighted by molar-refractivity contribution is 0.699. The van der Waals surface area contributed by atoms with Crippen molar-refractivity contribution in [2.75, 3.05) is 11.4 Å². The van der Waals surface area contributed by atoms with E-state index in [1.807, 2.05) is 0 Å². The van der Waals surface area contributed by atoms with Gasteiger partial charge in [-0.15, -0.1) is 12.4 Å². The smallest absolute Gasteiger partial charge is 0.226 e. The second-order valence-corrected chi connectivity index (χ2v) is 5.89. The van der Waals surface area contributed by atoms with Gasteiger partial charge >= 0.3 is 0 Å². The number of nitrogens with two attached hydrogens (primary N) is 1. The van der Waals surface area contributed by atoms with Crippen LogP contribution in [-0.4, -0.2) is 16.5 Å². The molecule has 0 radical (unpaired) electrons. The van der Waals surface area contributed by atoms with Gasteiger partial charge in [0.2, 0.25) is 5.95 Å². The third-order valence-electron chi connectivity index (χ3n) is 4.61. The van der Waals surface area contributed by atoms with Gasteiger partial charge in [0.1, 0.15) is 0 Å². The van der Waals surface area contributed by atoms with Gasteiger partial charge in [-0.05, 0) is 42.4 Å². The van der Waals surface area contributed by atoms with Crippen LogP contribution in [0.5, 0.6) is 0 Å². The predicted molar refractivity (Wildman–Crippen MR) is 90.4 cm³/mol.